The van der Waals surface area contributed by atoms with Gasteiger partial charge in [0.05, 0.1) is 16.3 Å². The first-order valence-corrected chi connectivity index (χ1v) is 11.9. The monoisotopic (exact) mass is 440 g/mol. The summed E-state index contributed by atoms with van der Waals surface area (Å²) in [7, 11) is 0. The minimum absolute atomic E-state index is 0.227. The molecule has 0 saturated heterocycles. The normalized spacial score (nSPS) is 17.0. The smallest absolute Gasteiger partial charge is 0.183 e. The van der Waals surface area contributed by atoms with Gasteiger partial charge in [0, 0.05) is 18.0 Å². The second-order valence-corrected chi connectivity index (χ2v) is 9.52. The van der Waals surface area contributed by atoms with Gasteiger partial charge in [0.2, 0.25) is 0 Å². The predicted molar refractivity (Wildman–Crippen MR) is 129 cm³/mol. The number of nitrogens with one attached hydrogen (secondary N) is 2. The molecule has 0 saturated carbocycles. The quantitative estimate of drug-likeness (QED) is 0.410. The highest BCUT2D eigenvalue weighted by molar-refractivity contribution is 8.14. The van der Waals surface area contributed by atoms with Crippen molar-refractivity contribution in [3.05, 3.63) is 66.5 Å². The molecule has 4 nitrogen and oxygen atoms in total. The highest BCUT2D eigenvalue weighted by Crippen LogP contribution is 2.27. The molecule has 1 unspecified atom stereocenters. The van der Waals surface area contributed by atoms with Gasteiger partial charge in [-0.1, -0.05) is 48.2 Å². The van der Waals surface area contributed by atoms with Crippen LogP contribution in [0.3, 0.4) is 0 Å². The molecule has 0 bridgehead atoms. The SMILES string of the molecule is C=CC(C)C[C@@H]1CSC(Nc2ccc(CCNc3nc4ccc(F)cc4s3)cc2)=N1. The summed E-state index contributed by atoms with van der Waals surface area (Å²) < 4.78 is 14.2. The first kappa shape index (κ1) is 20.9. The van der Waals surface area contributed by atoms with E-state index in [2.05, 4.69) is 53.4 Å². The van der Waals surface area contributed by atoms with Crippen molar-refractivity contribution in [2.24, 2.45) is 10.9 Å². The number of hydrogen-bond acceptors (Lipinski definition) is 6. The third-order valence-corrected chi connectivity index (χ3v) is 7.01. The van der Waals surface area contributed by atoms with E-state index in [-0.39, 0.29) is 5.82 Å². The average molecular weight is 441 g/mol. The third kappa shape index (κ3) is 5.40. The van der Waals surface area contributed by atoms with E-state index in [0.717, 1.165) is 51.3 Å². The summed E-state index contributed by atoms with van der Waals surface area (Å²) in [6, 6.07) is 13.5. The first-order valence-electron chi connectivity index (χ1n) is 10.1. The molecule has 0 spiro atoms. The molecule has 1 aliphatic heterocycles. The Labute approximate surface area is 184 Å². The van der Waals surface area contributed by atoms with E-state index in [9.17, 15) is 4.39 Å². The lowest BCUT2D eigenvalue weighted by atomic mass is 10.0. The van der Waals surface area contributed by atoms with Crippen LogP contribution in [0.5, 0.6) is 0 Å². The number of halogens is 1. The first-order chi connectivity index (χ1) is 14.6. The highest BCUT2D eigenvalue weighted by atomic mass is 32.2. The van der Waals surface area contributed by atoms with Crippen LogP contribution in [-0.4, -0.2) is 28.5 Å². The lowest BCUT2D eigenvalue weighted by molar-refractivity contribution is 0.575. The van der Waals surface area contributed by atoms with Crippen LogP contribution in [0.4, 0.5) is 15.2 Å². The van der Waals surface area contributed by atoms with Crippen molar-refractivity contribution in [2.45, 2.75) is 25.8 Å². The van der Waals surface area contributed by atoms with Gasteiger partial charge in [0.15, 0.2) is 10.3 Å². The standard InChI is InChI=1S/C23H25FN4S2/c1-3-15(2)12-19-14-29-23(27-19)26-18-7-4-16(5-8-18)10-11-25-22-28-20-9-6-17(24)13-21(20)30-22/h3-9,13,15,19H,1,10-12,14H2,2H3,(H,25,28)(H,26,27)/t15?,19-/m1/s1. The van der Waals surface area contributed by atoms with Crippen molar-refractivity contribution in [2.75, 3.05) is 22.9 Å². The third-order valence-electron chi connectivity index (χ3n) is 5.00. The van der Waals surface area contributed by atoms with Crippen LogP contribution in [0, 0.1) is 11.7 Å². The molecule has 7 heteroatoms. The number of hydrogen-bond donors (Lipinski definition) is 2. The predicted octanol–water partition coefficient (Wildman–Crippen LogP) is 6.19. The second-order valence-electron chi connectivity index (χ2n) is 7.48. The maximum absolute atomic E-state index is 13.3. The molecule has 3 aromatic rings. The number of thioether (sulfide) groups is 1. The van der Waals surface area contributed by atoms with Crippen LogP contribution in [0.25, 0.3) is 10.2 Å². The number of allylic oxidation sites excluding steroid dienone is 1. The zero-order valence-corrected chi connectivity index (χ0v) is 18.5. The van der Waals surface area contributed by atoms with Crippen LogP contribution in [0.2, 0.25) is 0 Å². The number of aliphatic imine (C=N–C) groups is 1. The van der Waals surface area contributed by atoms with Gasteiger partial charge in [-0.3, -0.25) is 4.99 Å². The van der Waals surface area contributed by atoms with Crippen molar-refractivity contribution in [1.29, 1.82) is 0 Å². The Hall–Kier alpha value is -2.38. The Bertz CT molecular complexity index is 1050. The van der Waals surface area contributed by atoms with Crippen molar-refractivity contribution in [3.8, 4) is 0 Å². The minimum atomic E-state index is -0.227. The maximum Gasteiger partial charge on any atom is 0.183 e. The Kier molecular flexibility index (Phi) is 6.69. The zero-order valence-electron chi connectivity index (χ0n) is 16.9. The number of aromatic nitrogens is 1. The van der Waals surface area contributed by atoms with Gasteiger partial charge in [0.25, 0.3) is 0 Å². The number of fused-ring (bicyclic) bond motifs is 1. The Morgan fingerprint density at radius 2 is 2.10 bits per heavy atom. The van der Waals surface area contributed by atoms with Gasteiger partial charge in [-0.15, -0.1) is 6.58 Å². The lowest BCUT2D eigenvalue weighted by Crippen LogP contribution is -2.08. The highest BCUT2D eigenvalue weighted by Gasteiger charge is 2.19. The Balaban J connectivity index is 1.26. The van der Waals surface area contributed by atoms with Crippen molar-refractivity contribution in [3.63, 3.8) is 0 Å². The molecule has 1 aliphatic rings. The summed E-state index contributed by atoms with van der Waals surface area (Å²) >= 11 is 3.26. The number of benzene rings is 2. The molecule has 0 amide bonds. The zero-order chi connectivity index (χ0) is 20.9. The van der Waals surface area contributed by atoms with Crippen LogP contribution >= 0.6 is 23.1 Å². The minimum Gasteiger partial charge on any atom is -0.361 e. The fourth-order valence-electron chi connectivity index (χ4n) is 3.30. The average Bonchev–Trinajstić information content (AvgIpc) is 3.35. The summed E-state index contributed by atoms with van der Waals surface area (Å²) in [6.45, 7) is 6.82. The molecule has 0 radical (unpaired) electrons. The summed E-state index contributed by atoms with van der Waals surface area (Å²) in [5, 5.41) is 8.59. The number of nitrogens with zero attached hydrogens (tertiary/aromatic N) is 2. The molecule has 0 fully saturated rings. The molecule has 4 rings (SSSR count). The number of thiazole rings is 1. The number of anilines is 2. The molecule has 2 N–H and O–H groups in total. The molecular weight excluding hydrogens is 415 g/mol. The van der Waals surface area contributed by atoms with Crippen LogP contribution < -0.4 is 10.6 Å². The van der Waals surface area contributed by atoms with Crippen molar-refractivity contribution < 1.29 is 4.39 Å². The molecule has 1 aromatic heterocycles. The van der Waals surface area contributed by atoms with Gasteiger partial charge in [-0.2, -0.15) is 0 Å². The Morgan fingerprint density at radius 3 is 2.90 bits per heavy atom. The van der Waals surface area contributed by atoms with Gasteiger partial charge < -0.3 is 10.6 Å². The summed E-state index contributed by atoms with van der Waals surface area (Å²) in [6.07, 6.45) is 3.94. The van der Waals surface area contributed by atoms with Crippen LogP contribution in [0.15, 0.2) is 60.1 Å². The van der Waals surface area contributed by atoms with Gasteiger partial charge >= 0.3 is 0 Å². The maximum atomic E-state index is 13.3. The van der Waals surface area contributed by atoms with Gasteiger partial charge in [0.1, 0.15) is 5.82 Å². The van der Waals surface area contributed by atoms with E-state index in [0.29, 0.717) is 12.0 Å². The Morgan fingerprint density at radius 1 is 1.27 bits per heavy atom. The molecule has 2 heterocycles. The van der Waals surface area contributed by atoms with Gasteiger partial charge in [-0.25, -0.2) is 9.37 Å². The van der Waals surface area contributed by atoms with Gasteiger partial charge in [-0.05, 0) is 54.7 Å². The van der Waals surface area contributed by atoms with E-state index >= 15 is 0 Å². The summed E-state index contributed by atoms with van der Waals surface area (Å²) in [5.74, 6) is 1.30. The fourth-order valence-corrected chi connectivity index (χ4v) is 5.19. The largest absolute Gasteiger partial charge is 0.361 e. The molecule has 2 aromatic carbocycles. The van der Waals surface area contributed by atoms with Crippen molar-refractivity contribution in [1.82, 2.24) is 4.98 Å². The van der Waals surface area contributed by atoms with Crippen LogP contribution in [-0.2, 0) is 6.42 Å². The molecule has 30 heavy (non-hydrogen) atoms. The molecular formula is C23H25FN4S2. The van der Waals surface area contributed by atoms with E-state index in [1.165, 1.54) is 29.0 Å². The van der Waals surface area contributed by atoms with E-state index in [1.54, 1.807) is 17.8 Å². The summed E-state index contributed by atoms with van der Waals surface area (Å²) in [5.41, 5.74) is 3.13. The number of amidine groups is 1. The second kappa shape index (κ2) is 9.62. The van der Waals surface area contributed by atoms with E-state index < -0.39 is 0 Å². The van der Waals surface area contributed by atoms with E-state index in [4.69, 9.17) is 4.99 Å². The lowest BCUT2D eigenvalue weighted by Gasteiger charge is -2.09. The van der Waals surface area contributed by atoms with Crippen molar-refractivity contribution >= 4 is 49.3 Å². The van der Waals surface area contributed by atoms with Crippen LogP contribution in [0.1, 0.15) is 18.9 Å². The molecule has 2 atom stereocenters. The molecule has 156 valence electrons. The topological polar surface area (TPSA) is 49.3 Å². The number of rotatable bonds is 8. The summed E-state index contributed by atoms with van der Waals surface area (Å²) in [4.78, 5) is 9.28. The molecule has 0 aliphatic carbocycles. The fraction of sp³-hybridized carbons (Fsp3) is 0.304. The van der Waals surface area contributed by atoms with E-state index in [1.807, 2.05) is 6.08 Å².